The highest BCUT2D eigenvalue weighted by Crippen LogP contribution is 2.53. The molecule has 3 fully saturated rings. The molecule has 4 heterocycles. The first-order valence-corrected chi connectivity index (χ1v) is 24.1. The van der Waals surface area contributed by atoms with E-state index in [9.17, 15) is 24.0 Å². The van der Waals surface area contributed by atoms with Gasteiger partial charge < -0.3 is 40.0 Å². The molecule has 368 valence electrons. The number of nitrogens with zero attached hydrogens (tertiary/aromatic N) is 4. The van der Waals surface area contributed by atoms with E-state index in [0.29, 0.717) is 37.1 Å². The second-order valence-corrected chi connectivity index (χ2v) is 20.3. The van der Waals surface area contributed by atoms with Gasteiger partial charge in [0.1, 0.15) is 22.8 Å². The van der Waals surface area contributed by atoms with Gasteiger partial charge >= 0.3 is 0 Å². The Hall–Kier alpha value is -5.97. The van der Waals surface area contributed by atoms with E-state index in [1.54, 1.807) is 5.38 Å². The maximum absolute atomic E-state index is 16.2. The number of carbonyl (C=O) groups is 3. The van der Waals surface area contributed by atoms with Crippen LogP contribution in [0.3, 0.4) is 0 Å². The maximum Gasteiger partial charge on any atom is 0.260 e. The lowest BCUT2D eigenvalue weighted by Gasteiger charge is -2.39. The average Bonchev–Trinajstić information content (AvgIpc) is 3.93. The lowest BCUT2D eigenvalue weighted by atomic mass is 9.62. The Morgan fingerprint density at radius 3 is 2.46 bits per heavy atom. The van der Waals surface area contributed by atoms with E-state index in [1.807, 2.05) is 25.7 Å². The van der Waals surface area contributed by atoms with Gasteiger partial charge in [0.2, 0.25) is 11.7 Å². The molecule has 13 nitrogen and oxygen atoms in total. The van der Waals surface area contributed by atoms with Crippen LogP contribution in [0.1, 0.15) is 54.6 Å². The highest BCUT2D eigenvalue weighted by atomic mass is 35.5. The van der Waals surface area contributed by atoms with E-state index in [2.05, 4.69) is 27.0 Å². The van der Waals surface area contributed by atoms with E-state index in [0.717, 1.165) is 12.1 Å². The molecule has 0 radical (unpaired) electrons. The molecule has 3 amide bonds. The predicted molar refractivity (Wildman–Crippen MR) is 258 cm³/mol. The zero-order valence-electron chi connectivity index (χ0n) is 38.5. The van der Waals surface area contributed by atoms with E-state index in [1.165, 1.54) is 77.9 Å². The van der Waals surface area contributed by atoms with Crippen molar-refractivity contribution in [2.45, 2.75) is 50.6 Å². The third kappa shape index (κ3) is 10.3. The summed E-state index contributed by atoms with van der Waals surface area (Å²) in [4.78, 5) is 49.2. The van der Waals surface area contributed by atoms with Crippen molar-refractivity contribution >= 4 is 63.1 Å². The van der Waals surface area contributed by atoms with Crippen LogP contribution >= 0.6 is 34.5 Å². The molecular weight excluding hydrogens is 974 g/mol. The predicted octanol–water partition coefficient (Wildman–Crippen LogP) is 8.75. The minimum atomic E-state index is -1.84. The zero-order chi connectivity index (χ0) is 50.1. The van der Waals surface area contributed by atoms with Gasteiger partial charge in [-0.2, -0.15) is 9.65 Å². The number of methoxy groups -OCH3 is 1. The normalized spacial score (nSPS) is 20.4. The van der Waals surface area contributed by atoms with Crippen molar-refractivity contribution in [3.63, 3.8) is 0 Å². The Kier molecular flexibility index (Phi) is 15.0. The highest BCUT2D eigenvalue weighted by molar-refractivity contribution is 7.14. The van der Waals surface area contributed by atoms with E-state index < -0.39 is 82.2 Å². The van der Waals surface area contributed by atoms with Gasteiger partial charge in [-0.05, 0) is 65.9 Å². The summed E-state index contributed by atoms with van der Waals surface area (Å²) >= 11 is 13.8. The Morgan fingerprint density at radius 2 is 1.76 bits per heavy atom. The van der Waals surface area contributed by atoms with Crippen molar-refractivity contribution in [2.75, 3.05) is 69.9 Å². The van der Waals surface area contributed by atoms with Gasteiger partial charge in [-0.3, -0.25) is 14.4 Å². The lowest BCUT2D eigenvalue weighted by Crippen LogP contribution is -2.55. The number of halogens is 6. The summed E-state index contributed by atoms with van der Waals surface area (Å²) < 4.78 is 78.4. The third-order valence-corrected chi connectivity index (χ3v) is 14.2. The summed E-state index contributed by atoms with van der Waals surface area (Å²) in [5.41, 5.74) is -1.50. The van der Waals surface area contributed by atoms with Crippen molar-refractivity contribution in [3.8, 4) is 28.8 Å². The van der Waals surface area contributed by atoms with Crippen LogP contribution in [-0.4, -0.2) is 99.3 Å². The number of hydrogen-bond acceptors (Lipinski definition) is 11. The van der Waals surface area contributed by atoms with Crippen LogP contribution in [0.15, 0.2) is 72.1 Å². The van der Waals surface area contributed by atoms with Crippen molar-refractivity contribution in [2.24, 2.45) is 11.3 Å². The van der Waals surface area contributed by atoms with Gasteiger partial charge in [-0.15, -0.1) is 11.3 Å². The molecule has 3 aliphatic rings. The molecule has 0 bridgehead atoms. The van der Waals surface area contributed by atoms with Crippen LogP contribution in [0.2, 0.25) is 10.0 Å². The minimum Gasteiger partial charge on any atom is -0.495 e. The third-order valence-electron chi connectivity index (χ3n) is 12.8. The number of benzene rings is 4. The molecule has 4 aromatic carbocycles. The number of likely N-dealkylation sites (tertiary alicyclic amines) is 1. The molecule has 8 rings (SSSR count). The first-order chi connectivity index (χ1) is 33.4. The fourth-order valence-corrected chi connectivity index (χ4v) is 10.6. The summed E-state index contributed by atoms with van der Waals surface area (Å²) in [6.45, 7) is 8.38. The molecule has 20 heteroatoms. The number of rotatable bonds is 14. The Labute approximate surface area is 416 Å². The van der Waals surface area contributed by atoms with Crippen molar-refractivity contribution < 1.29 is 46.2 Å². The van der Waals surface area contributed by atoms with Crippen LogP contribution in [0, 0.1) is 45.9 Å². The van der Waals surface area contributed by atoms with Gasteiger partial charge in [0.15, 0.2) is 23.3 Å². The zero-order valence-corrected chi connectivity index (χ0v) is 40.8. The first-order valence-electron chi connectivity index (χ1n) is 22.4. The van der Waals surface area contributed by atoms with E-state index in [4.69, 9.17) is 37.4 Å². The van der Waals surface area contributed by atoms with Crippen molar-refractivity contribution in [1.82, 2.24) is 20.5 Å². The molecule has 3 saturated heterocycles. The van der Waals surface area contributed by atoms with Gasteiger partial charge in [0.25, 0.3) is 11.8 Å². The van der Waals surface area contributed by atoms with Crippen LogP contribution < -0.4 is 30.3 Å². The van der Waals surface area contributed by atoms with E-state index >= 15 is 13.2 Å². The fraction of sp³-hybridized carbons (Fsp3) is 0.380. The number of anilines is 2. The number of amides is 3. The van der Waals surface area contributed by atoms with Crippen LogP contribution in [0.4, 0.5) is 28.4 Å². The number of hydrogen-bond donors (Lipinski definition) is 3. The van der Waals surface area contributed by atoms with Crippen LogP contribution in [0.25, 0.3) is 11.3 Å². The number of carbonyl (C=O) groups excluding carboxylic acids is 3. The summed E-state index contributed by atoms with van der Waals surface area (Å²) in [6, 6.07) is 15.0. The number of aromatic nitrogens is 1. The SMILES string of the molecule is COc1cc(C(=O)NCC2CN(C(=O)COc3c(-c4csc(N5CCOCC5)n4)ccc(F)c3F)C2)ccc1NC(=O)[C@@H]1N[C@@H](CC(C)(C)C)[C@](C#N)(c2ccc(Cl)cc2F)[C@H]1c1cccc(Cl)c1F. The number of thiazole rings is 1. The topological polar surface area (TPSA) is 158 Å². The largest absolute Gasteiger partial charge is 0.495 e. The molecule has 0 aliphatic carbocycles. The molecule has 4 atom stereocenters. The Balaban J connectivity index is 0.918. The molecule has 3 N–H and O–H groups in total. The average molecular weight is 1020 g/mol. The number of nitriles is 1. The fourth-order valence-electron chi connectivity index (χ4n) is 9.33. The molecular formula is C50H49Cl2F4N7O6S. The van der Waals surface area contributed by atoms with Gasteiger partial charge in [-0.25, -0.2) is 18.2 Å². The first kappa shape index (κ1) is 50.4. The van der Waals surface area contributed by atoms with Crippen LogP contribution in [-0.2, 0) is 19.7 Å². The molecule has 70 heavy (non-hydrogen) atoms. The summed E-state index contributed by atoms with van der Waals surface area (Å²) in [7, 11) is 1.35. The maximum atomic E-state index is 16.2. The van der Waals surface area contributed by atoms with Crippen molar-refractivity contribution in [1.29, 1.82) is 5.26 Å². The molecule has 3 aliphatic heterocycles. The summed E-state index contributed by atoms with van der Waals surface area (Å²) in [5, 5.41) is 22.4. The highest BCUT2D eigenvalue weighted by Gasteiger charge is 2.61. The van der Waals surface area contributed by atoms with E-state index in [-0.39, 0.29) is 75.7 Å². The number of nitrogens with one attached hydrogen (secondary N) is 3. The minimum absolute atomic E-state index is 0.0680. The quantitative estimate of drug-likeness (QED) is 0.0920. The lowest BCUT2D eigenvalue weighted by molar-refractivity contribution is -0.139. The summed E-state index contributed by atoms with van der Waals surface area (Å²) in [6.07, 6.45) is 0.270. The Bertz CT molecular complexity index is 2850. The van der Waals surface area contributed by atoms with Gasteiger partial charge in [0, 0.05) is 77.7 Å². The van der Waals surface area contributed by atoms with Crippen LogP contribution in [0.5, 0.6) is 11.5 Å². The molecule has 0 unspecified atom stereocenters. The monoisotopic (exact) mass is 1020 g/mol. The second kappa shape index (κ2) is 20.8. The number of ether oxygens (including phenoxy) is 3. The smallest absolute Gasteiger partial charge is 0.260 e. The second-order valence-electron chi connectivity index (χ2n) is 18.6. The Morgan fingerprint density at radius 1 is 1.00 bits per heavy atom. The molecule has 5 aromatic rings. The van der Waals surface area contributed by atoms with Gasteiger partial charge in [0.05, 0.1) is 48.8 Å². The standard InChI is InChI=1S/C50H49Cl2F4N7O6S/c1-49(2,3)20-39-50(26-57,32-11-9-29(51)19-35(32)54)41(31-6-5-7-33(52)42(31)55)44(61-39)47(66)59-36-13-8-28(18-38(36)67-4)46(65)58-21-27-22-63(23-27)40(64)24-69-45-30(10-12-34(53)43(45)56)37-25-70-48(60-37)62-14-16-68-17-15-62/h5-13,18-19,25,27,39,41,44,61H,14-17,20-24H2,1-4H3,(H,58,65)(H,59,66)/t39-,41-,44+,50-/m0/s1. The summed E-state index contributed by atoms with van der Waals surface area (Å²) in [5.74, 6) is -7.38. The van der Waals surface area contributed by atoms with Gasteiger partial charge in [-0.1, -0.05) is 62.2 Å². The van der Waals surface area contributed by atoms with Crippen molar-refractivity contribution in [3.05, 3.63) is 122 Å². The molecule has 0 spiro atoms. The molecule has 1 aromatic heterocycles. The number of morpholine rings is 1. The molecule has 0 saturated carbocycles.